The van der Waals surface area contributed by atoms with E-state index in [1.165, 1.54) is 32.6 Å². The number of nitrogens with zero attached hydrogens (tertiary/aromatic N) is 2. The van der Waals surface area contributed by atoms with Gasteiger partial charge in [0.1, 0.15) is 0 Å². The first-order valence-corrected chi connectivity index (χ1v) is 12.4. The van der Waals surface area contributed by atoms with Gasteiger partial charge in [-0.3, -0.25) is 4.79 Å². The third-order valence-electron chi connectivity index (χ3n) is 5.04. The molecule has 0 fully saturated rings. The van der Waals surface area contributed by atoms with Crippen molar-refractivity contribution in [2.75, 3.05) is 20.8 Å². The summed E-state index contributed by atoms with van der Waals surface area (Å²) in [6, 6.07) is 18.4. The molecule has 3 aromatic carbocycles. The Balaban J connectivity index is 1.78. The lowest BCUT2D eigenvalue weighted by atomic mass is 10.2. The Morgan fingerprint density at radius 3 is 2.40 bits per heavy atom. The van der Waals surface area contributed by atoms with Crippen LogP contribution in [0.5, 0.6) is 11.5 Å². The molecule has 0 unspecified atom stereocenters. The first-order valence-electron chi connectivity index (χ1n) is 10.6. The molecular weight excluding hydrogens is 490 g/mol. The maximum atomic E-state index is 13.3. The molecule has 0 aliphatic rings. The molecule has 0 heterocycles. The predicted molar refractivity (Wildman–Crippen MR) is 136 cm³/mol. The summed E-state index contributed by atoms with van der Waals surface area (Å²) in [5.41, 5.74) is 4.61. The molecule has 0 radical (unpaired) electrons. The summed E-state index contributed by atoms with van der Waals surface area (Å²) in [6.07, 6.45) is 1.43. The fourth-order valence-electron chi connectivity index (χ4n) is 3.23. The van der Waals surface area contributed by atoms with Crippen LogP contribution in [0.15, 0.2) is 76.7 Å². The van der Waals surface area contributed by atoms with E-state index >= 15 is 0 Å². The number of carbonyl (C=O) groups is 1. The van der Waals surface area contributed by atoms with Gasteiger partial charge in [0.05, 0.1) is 31.9 Å². The van der Waals surface area contributed by atoms with Crippen molar-refractivity contribution < 1.29 is 22.7 Å². The topological polar surface area (TPSA) is 97.3 Å². The third-order valence-corrected chi connectivity index (χ3v) is 7.08. The SMILES string of the molecule is COc1ccc(/C=N\NC(=O)CN(Cc2cccc(Cl)c2)S(=O)(=O)c2ccc(C)cc2)cc1OC. The van der Waals surface area contributed by atoms with Gasteiger partial charge in [0, 0.05) is 11.6 Å². The van der Waals surface area contributed by atoms with Crippen LogP contribution in [0.2, 0.25) is 5.02 Å². The van der Waals surface area contributed by atoms with Crippen LogP contribution in [0.3, 0.4) is 0 Å². The number of amides is 1. The van der Waals surface area contributed by atoms with Crippen LogP contribution in [-0.2, 0) is 21.4 Å². The van der Waals surface area contributed by atoms with E-state index in [1.54, 1.807) is 54.6 Å². The van der Waals surface area contributed by atoms with Crippen molar-refractivity contribution in [1.82, 2.24) is 9.73 Å². The van der Waals surface area contributed by atoms with Crippen LogP contribution in [-0.4, -0.2) is 45.6 Å². The normalized spacial score (nSPS) is 11.6. The Labute approximate surface area is 210 Å². The minimum atomic E-state index is -3.97. The lowest BCUT2D eigenvalue weighted by Gasteiger charge is -2.21. The molecule has 0 aliphatic heterocycles. The highest BCUT2D eigenvalue weighted by Crippen LogP contribution is 2.27. The zero-order valence-electron chi connectivity index (χ0n) is 19.6. The van der Waals surface area contributed by atoms with E-state index in [0.717, 1.165) is 9.87 Å². The fraction of sp³-hybridized carbons (Fsp3) is 0.200. The highest BCUT2D eigenvalue weighted by atomic mass is 35.5. The van der Waals surface area contributed by atoms with E-state index in [2.05, 4.69) is 10.5 Å². The standard InChI is InChI=1S/C25H26ClN3O5S/c1-18-7-10-22(11-8-18)35(31,32)29(16-20-5-4-6-21(26)13-20)17-25(30)28-27-15-19-9-12-23(33-2)24(14-19)34-3/h4-15H,16-17H2,1-3H3,(H,28,30)/b27-15-. The number of rotatable bonds is 10. The van der Waals surface area contributed by atoms with Gasteiger partial charge in [-0.1, -0.05) is 41.4 Å². The van der Waals surface area contributed by atoms with E-state index < -0.39 is 22.5 Å². The van der Waals surface area contributed by atoms with Gasteiger partial charge in [0.25, 0.3) is 5.91 Å². The molecule has 8 nitrogen and oxygen atoms in total. The fourth-order valence-corrected chi connectivity index (χ4v) is 4.83. The Morgan fingerprint density at radius 1 is 1.03 bits per heavy atom. The van der Waals surface area contributed by atoms with Crippen molar-refractivity contribution in [3.05, 3.63) is 88.4 Å². The van der Waals surface area contributed by atoms with E-state index in [4.69, 9.17) is 21.1 Å². The minimum absolute atomic E-state index is 0.0381. The van der Waals surface area contributed by atoms with Crippen molar-refractivity contribution in [3.63, 3.8) is 0 Å². The maximum absolute atomic E-state index is 13.3. The first-order chi connectivity index (χ1) is 16.7. The van der Waals surface area contributed by atoms with Crippen LogP contribution in [0.4, 0.5) is 0 Å². The van der Waals surface area contributed by atoms with Crippen molar-refractivity contribution in [2.45, 2.75) is 18.4 Å². The zero-order valence-corrected chi connectivity index (χ0v) is 21.1. The van der Waals surface area contributed by atoms with Gasteiger partial charge in [0.15, 0.2) is 11.5 Å². The number of methoxy groups -OCH3 is 2. The number of ether oxygens (including phenoxy) is 2. The minimum Gasteiger partial charge on any atom is -0.493 e. The molecule has 184 valence electrons. The lowest BCUT2D eigenvalue weighted by molar-refractivity contribution is -0.121. The monoisotopic (exact) mass is 515 g/mol. The molecule has 0 bridgehead atoms. The van der Waals surface area contributed by atoms with E-state index in [0.29, 0.717) is 27.6 Å². The van der Waals surface area contributed by atoms with Crippen LogP contribution >= 0.6 is 11.6 Å². The van der Waals surface area contributed by atoms with E-state index in [9.17, 15) is 13.2 Å². The number of sulfonamides is 1. The number of carbonyl (C=O) groups excluding carboxylic acids is 1. The number of hydrazone groups is 1. The van der Waals surface area contributed by atoms with Gasteiger partial charge in [-0.05, 0) is 60.5 Å². The number of hydrogen-bond donors (Lipinski definition) is 1. The Hall–Kier alpha value is -3.40. The molecule has 0 saturated heterocycles. The number of nitrogens with one attached hydrogen (secondary N) is 1. The number of hydrogen-bond acceptors (Lipinski definition) is 6. The molecule has 0 aliphatic carbocycles. The van der Waals surface area contributed by atoms with Gasteiger partial charge in [-0.15, -0.1) is 0 Å². The summed E-state index contributed by atoms with van der Waals surface area (Å²) in [4.78, 5) is 12.7. The second kappa shape index (κ2) is 11.8. The molecule has 1 N–H and O–H groups in total. The van der Waals surface area contributed by atoms with E-state index in [1.807, 2.05) is 6.92 Å². The highest BCUT2D eigenvalue weighted by Gasteiger charge is 2.27. The quantitative estimate of drug-likeness (QED) is 0.325. The number of benzene rings is 3. The Bertz CT molecular complexity index is 1310. The van der Waals surface area contributed by atoms with Gasteiger partial charge >= 0.3 is 0 Å². The van der Waals surface area contributed by atoms with E-state index in [-0.39, 0.29) is 11.4 Å². The first kappa shape index (κ1) is 26.2. The molecule has 1 amide bonds. The smallest absolute Gasteiger partial charge is 0.255 e. The van der Waals surface area contributed by atoms with Crippen LogP contribution < -0.4 is 14.9 Å². The summed E-state index contributed by atoms with van der Waals surface area (Å²) < 4.78 is 38.2. The molecule has 0 saturated carbocycles. The second-order valence-electron chi connectivity index (χ2n) is 7.62. The van der Waals surface area contributed by atoms with Crippen LogP contribution in [0.25, 0.3) is 0 Å². The van der Waals surface area contributed by atoms with Crippen molar-refractivity contribution in [3.8, 4) is 11.5 Å². The summed E-state index contributed by atoms with van der Waals surface area (Å²) >= 11 is 6.07. The molecule has 35 heavy (non-hydrogen) atoms. The largest absolute Gasteiger partial charge is 0.493 e. The average Bonchev–Trinajstić information content (AvgIpc) is 2.84. The molecule has 3 aromatic rings. The zero-order chi connectivity index (χ0) is 25.4. The van der Waals surface area contributed by atoms with Crippen LogP contribution in [0, 0.1) is 6.92 Å². The summed E-state index contributed by atoms with van der Waals surface area (Å²) in [5.74, 6) is 0.478. The average molecular weight is 516 g/mol. The molecule has 0 atom stereocenters. The Morgan fingerprint density at radius 2 is 1.74 bits per heavy atom. The predicted octanol–water partition coefficient (Wildman–Crippen LogP) is 4.01. The van der Waals surface area contributed by atoms with Crippen molar-refractivity contribution in [2.24, 2.45) is 5.10 Å². The van der Waals surface area contributed by atoms with Gasteiger partial charge in [0.2, 0.25) is 10.0 Å². The number of aryl methyl sites for hydroxylation is 1. The van der Waals surface area contributed by atoms with Crippen molar-refractivity contribution in [1.29, 1.82) is 0 Å². The highest BCUT2D eigenvalue weighted by molar-refractivity contribution is 7.89. The Kier molecular flexibility index (Phi) is 8.86. The maximum Gasteiger partial charge on any atom is 0.255 e. The number of halogens is 1. The van der Waals surface area contributed by atoms with Gasteiger partial charge in [-0.2, -0.15) is 9.41 Å². The lowest BCUT2D eigenvalue weighted by Crippen LogP contribution is -2.39. The second-order valence-corrected chi connectivity index (χ2v) is 10.00. The molecular formula is C25H26ClN3O5S. The summed E-state index contributed by atoms with van der Waals surface area (Å²) in [6.45, 7) is 1.39. The van der Waals surface area contributed by atoms with Gasteiger partial charge in [-0.25, -0.2) is 13.8 Å². The molecule has 10 heteroatoms. The van der Waals surface area contributed by atoms with Crippen molar-refractivity contribution >= 4 is 33.7 Å². The van der Waals surface area contributed by atoms with Gasteiger partial charge < -0.3 is 9.47 Å². The summed E-state index contributed by atoms with van der Waals surface area (Å²) in [5, 5.41) is 4.42. The molecule has 3 rings (SSSR count). The summed E-state index contributed by atoms with van der Waals surface area (Å²) in [7, 11) is -0.920. The third kappa shape index (κ3) is 7.05. The van der Waals surface area contributed by atoms with Crippen LogP contribution in [0.1, 0.15) is 16.7 Å². The molecule has 0 spiro atoms. The molecule has 0 aromatic heterocycles.